The van der Waals surface area contributed by atoms with E-state index in [4.69, 9.17) is 14.6 Å². The molecule has 3 N–H and O–H groups in total. The number of ether oxygens (including phenoxy) is 1. The maximum absolute atomic E-state index is 13.2. The summed E-state index contributed by atoms with van der Waals surface area (Å²) < 4.78 is 66.1. The number of carboxylic acid groups (broad SMARTS) is 1. The number of alkyl halides is 3. The number of likely N-dealkylation sites (N-methyl/N-ethyl adjacent to an activating group) is 1. The third kappa shape index (κ3) is 9.56. The Balaban J connectivity index is 0.000000646. The van der Waals surface area contributed by atoms with Crippen LogP contribution in [0.4, 0.5) is 24.5 Å². The quantitative estimate of drug-likeness (QED) is 0.417. The Hall–Kier alpha value is -3.89. The van der Waals surface area contributed by atoms with Gasteiger partial charge in [-0.1, -0.05) is 17.7 Å². The van der Waals surface area contributed by atoms with E-state index in [9.17, 15) is 31.2 Å². The Morgan fingerprint density at radius 3 is 2.16 bits per heavy atom. The second-order valence-electron chi connectivity index (χ2n) is 9.84. The smallest absolute Gasteiger partial charge is 0.475 e. The van der Waals surface area contributed by atoms with E-state index >= 15 is 0 Å². The Bertz CT molecular complexity index is 1390. The van der Waals surface area contributed by atoms with Crippen LogP contribution in [0.15, 0.2) is 47.4 Å². The number of aryl methyl sites for hydroxylation is 1. The minimum Gasteiger partial charge on any atom is -0.475 e. The van der Waals surface area contributed by atoms with Crippen LogP contribution in [0.25, 0.3) is 0 Å². The van der Waals surface area contributed by atoms with Gasteiger partial charge in [-0.2, -0.15) is 13.2 Å². The molecule has 2 aromatic rings. The lowest BCUT2D eigenvalue weighted by atomic mass is 10.1. The summed E-state index contributed by atoms with van der Waals surface area (Å²) in [5.41, 5.74) is 2.29. The maximum Gasteiger partial charge on any atom is 0.490 e. The maximum atomic E-state index is 13.2. The van der Waals surface area contributed by atoms with E-state index in [1.165, 1.54) is 4.90 Å². The summed E-state index contributed by atoms with van der Waals surface area (Å²) in [6.45, 7) is 6.78. The summed E-state index contributed by atoms with van der Waals surface area (Å²) in [6, 6.07) is 11.6. The van der Waals surface area contributed by atoms with Gasteiger partial charge in [0.1, 0.15) is 0 Å². The van der Waals surface area contributed by atoms with Gasteiger partial charge in [-0.05, 0) is 37.3 Å². The molecule has 0 spiro atoms. The molecule has 0 saturated carbocycles. The highest BCUT2D eigenvalue weighted by Gasteiger charge is 2.38. The molecule has 236 valence electrons. The molecular weight excluding hydrogens is 595 g/mol. The van der Waals surface area contributed by atoms with Crippen LogP contribution in [0.1, 0.15) is 15.9 Å². The number of halogens is 3. The van der Waals surface area contributed by atoms with Crippen molar-refractivity contribution in [1.29, 1.82) is 0 Å². The van der Waals surface area contributed by atoms with E-state index in [1.807, 2.05) is 6.92 Å². The highest BCUT2D eigenvalue weighted by atomic mass is 32.2. The fraction of sp³-hybridized carbons (Fsp3) is 0.444. The van der Waals surface area contributed by atoms with Crippen LogP contribution in [0, 0.1) is 6.92 Å². The molecule has 2 saturated heterocycles. The van der Waals surface area contributed by atoms with Gasteiger partial charge in [-0.25, -0.2) is 13.2 Å². The largest absolute Gasteiger partial charge is 0.490 e. The second-order valence-corrected chi connectivity index (χ2v) is 11.5. The molecule has 2 fully saturated rings. The molecule has 2 aliphatic heterocycles. The molecule has 2 amide bonds. The van der Waals surface area contributed by atoms with Crippen molar-refractivity contribution in [1.82, 2.24) is 15.1 Å². The number of nitrogens with zero attached hydrogens (tertiary/aromatic N) is 3. The highest BCUT2D eigenvalue weighted by Crippen LogP contribution is 2.30. The van der Waals surface area contributed by atoms with Crippen LogP contribution >= 0.6 is 0 Å². The van der Waals surface area contributed by atoms with Crippen molar-refractivity contribution < 1.29 is 45.8 Å². The molecule has 0 atom stereocenters. The van der Waals surface area contributed by atoms with Crippen LogP contribution in [-0.2, 0) is 24.3 Å². The van der Waals surface area contributed by atoms with Crippen molar-refractivity contribution in [3.05, 3.63) is 53.6 Å². The Kier molecular flexibility index (Phi) is 11.4. The van der Waals surface area contributed by atoms with Gasteiger partial charge in [0.25, 0.3) is 15.9 Å². The Morgan fingerprint density at radius 1 is 1.02 bits per heavy atom. The molecule has 0 radical (unpaired) electrons. The van der Waals surface area contributed by atoms with E-state index < -0.39 is 22.2 Å². The molecular formula is C27H34F3N5O7S. The molecule has 0 aromatic heterocycles. The zero-order chi connectivity index (χ0) is 31.8. The predicted molar refractivity (Wildman–Crippen MR) is 152 cm³/mol. The number of piperazine rings is 1. The minimum atomic E-state index is -5.08. The Labute approximate surface area is 247 Å². The van der Waals surface area contributed by atoms with Gasteiger partial charge in [0.15, 0.2) is 0 Å². The lowest BCUT2D eigenvalue weighted by Gasteiger charge is -2.31. The topological polar surface area (TPSA) is 149 Å². The summed E-state index contributed by atoms with van der Waals surface area (Å²) in [5.74, 6) is -3.27. The van der Waals surface area contributed by atoms with Crippen molar-refractivity contribution in [2.24, 2.45) is 0 Å². The number of carboxylic acids is 1. The van der Waals surface area contributed by atoms with Crippen LogP contribution in [0.5, 0.6) is 0 Å². The second kappa shape index (κ2) is 14.5. The summed E-state index contributed by atoms with van der Waals surface area (Å²) in [7, 11) is -2.31. The van der Waals surface area contributed by atoms with Crippen LogP contribution < -0.4 is 14.9 Å². The number of anilines is 2. The average molecular weight is 630 g/mol. The van der Waals surface area contributed by atoms with Gasteiger partial charge < -0.3 is 29.9 Å². The SMILES string of the molecule is Cc1ccc(S(=O)(=O)Nc2cc(C(=O)N(C)CC(=O)N3CCOCC3)ccc2N2CCNCC2)cc1.O=C(O)C(F)(F)F. The first-order chi connectivity index (χ1) is 20.2. The van der Waals surface area contributed by atoms with Gasteiger partial charge in [-0.15, -0.1) is 0 Å². The van der Waals surface area contributed by atoms with Crippen molar-refractivity contribution in [2.45, 2.75) is 18.0 Å². The van der Waals surface area contributed by atoms with E-state index in [-0.39, 0.29) is 23.3 Å². The van der Waals surface area contributed by atoms with Crippen molar-refractivity contribution in [2.75, 3.05) is 75.7 Å². The molecule has 2 aliphatic rings. The number of nitrogens with one attached hydrogen (secondary N) is 2. The van der Waals surface area contributed by atoms with Crippen LogP contribution in [-0.4, -0.2) is 113 Å². The zero-order valence-electron chi connectivity index (χ0n) is 23.7. The standard InChI is InChI=1S/C25H33N5O5S.C2HF3O2/c1-19-3-6-21(7-4-19)36(33,34)27-22-17-20(5-8-23(22)29-11-9-26-10-12-29)25(32)28(2)18-24(31)30-13-15-35-16-14-30;3-2(4,5)1(6)7/h3-8,17,26-27H,9-16,18H2,1-2H3;(H,6,7). The van der Waals surface area contributed by atoms with Gasteiger partial charge in [-0.3, -0.25) is 14.3 Å². The molecule has 16 heteroatoms. The number of benzene rings is 2. The van der Waals surface area contributed by atoms with Crippen LogP contribution in [0.3, 0.4) is 0 Å². The third-order valence-corrected chi connectivity index (χ3v) is 7.98. The molecule has 43 heavy (non-hydrogen) atoms. The summed E-state index contributed by atoms with van der Waals surface area (Å²) >= 11 is 0. The number of amides is 2. The third-order valence-electron chi connectivity index (χ3n) is 6.60. The summed E-state index contributed by atoms with van der Waals surface area (Å²) in [4.78, 5) is 40.0. The number of sulfonamides is 1. The molecule has 4 rings (SSSR count). The number of carbonyl (C=O) groups is 3. The van der Waals surface area contributed by atoms with Gasteiger partial charge in [0.2, 0.25) is 5.91 Å². The number of morpholine rings is 1. The van der Waals surface area contributed by atoms with Crippen molar-refractivity contribution >= 4 is 39.2 Å². The normalized spacial score (nSPS) is 15.7. The molecule has 0 bridgehead atoms. The van der Waals surface area contributed by atoms with Gasteiger partial charge in [0.05, 0.1) is 36.0 Å². The molecule has 2 aromatic carbocycles. The first-order valence-corrected chi connectivity index (χ1v) is 14.8. The molecule has 2 heterocycles. The monoisotopic (exact) mass is 629 g/mol. The number of hydrogen-bond acceptors (Lipinski definition) is 8. The van der Waals surface area contributed by atoms with Crippen molar-refractivity contribution in [3.63, 3.8) is 0 Å². The average Bonchev–Trinajstić information content (AvgIpc) is 2.97. The zero-order valence-corrected chi connectivity index (χ0v) is 24.5. The lowest BCUT2D eigenvalue weighted by molar-refractivity contribution is -0.192. The summed E-state index contributed by atoms with van der Waals surface area (Å²) in [6.07, 6.45) is -5.08. The first-order valence-electron chi connectivity index (χ1n) is 13.3. The predicted octanol–water partition coefficient (Wildman–Crippen LogP) is 1.77. The van der Waals surface area contributed by atoms with E-state index in [0.29, 0.717) is 56.3 Å². The highest BCUT2D eigenvalue weighted by molar-refractivity contribution is 7.92. The molecule has 0 unspecified atom stereocenters. The molecule has 0 aliphatic carbocycles. The van der Waals surface area contributed by atoms with Crippen LogP contribution in [0.2, 0.25) is 0 Å². The fourth-order valence-electron chi connectivity index (χ4n) is 4.26. The number of aliphatic carboxylic acids is 1. The van der Waals surface area contributed by atoms with E-state index in [2.05, 4.69) is 14.9 Å². The van der Waals surface area contributed by atoms with Crippen molar-refractivity contribution in [3.8, 4) is 0 Å². The number of hydrogen-bond donors (Lipinski definition) is 3. The Morgan fingerprint density at radius 2 is 1.60 bits per heavy atom. The number of rotatable bonds is 7. The van der Waals surface area contributed by atoms with Gasteiger partial charge >= 0.3 is 12.1 Å². The summed E-state index contributed by atoms with van der Waals surface area (Å²) in [5, 5.41) is 10.4. The lowest BCUT2D eigenvalue weighted by Crippen LogP contribution is -2.46. The first kappa shape index (κ1) is 33.6. The minimum absolute atomic E-state index is 0.0667. The fourth-order valence-corrected chi connectivity index (χ4v) is 5.33. The number of carbonyl (C=O) groups excluding carboxylic acids is 2. The van der Waals surface area contributed by atoms with E-state index in [1.54, 1.807) is 54.4 Å². The van der Waals surface area contributed by atoms with Gasteiger partial charge in [0, 0.05) is 51.9 Å². The molecule has 12 nitrogen and oxygen atoms in total. The van der Waals surface area contributed by atoms with E-state index in [0.717, 1.165) is 18.7 Å².